The van der Waals surface area contributed by atoms with Crippen molar-refractivity contribution in [3.8, 4) is 0 Å². The quantitative estimate of drug-likeness (QED) is 0.814. The predicted octanol–water partition coefficient (Wildman–Crippen LogP) is 3.01. The molecule has 0 aromatic heterocycles. The summed E-state index contributed by atoms with van der Waals surface area (Å²) in [6.07, 6.45) is 4.06. The van der Waals surface area contributed by atoms with Crippen molar-refractivity contribution in [2.75, 3.05) is 11.9 Å². The van der Waals surface area contributed by atoms with Crippen LogP contribution in [-0.4, -0.2) is 20.9 Å². The van der Waals surface area contributed by atoms with E-state index in [-0.39, 0.29) is 23.8 Å². The number of halogens is 1. The van der Waals surface area contributed by atoms with Crippen LogP contribution in [-0.2, 0) is 27.7 Å². The van der Waals surface area contributed by atoms with Gasteiger partial charge in [-0.1, -0.05) is 12.1 Å². The largest absolute Gasteiger partial charge is 0.326 e. The molecule has 0 spiro atoms. The van der Waals surface area contributed by atoms with Crippen molar-refractivity contribution in [1.82, 2.24) is 4.72 Å². The van der Waals surface area contributed by atoms with Crippen molar-refractivity contribution in [2.45, 2.75) is 37.0 Å². The highest BCUT2D eigenvalue weighted by Crippen LogP contribution is 2.24. The molecule has 3 rings (SSSR count). The zero-order valence-corrected chi connectivity index (χ0v) is 15.1. The average Bonchev–Trinajstić information content (AvgIpc) is 2.61. The molecule has 2 aromatic carbocycles. The SMILES string of the molecule is O=C(CCNS(=O)(=O)c1ccc2c(c1)CCCC2)Nc1cccc(F)c1. The Bertz CT molecular complexity index is 913. The third kappa shape index (κ3) is 4.68. The molecule has 2 aromatic rings. The summed E-state index contributed by atoms with van der Waals surface area (Å²) in [5, 5.41) is 2.54. The number of hydrogen-bond acceptors (Lipinski definition) is 3. The number of carbonyl (C=O) groups is 1. The lowest BCUT2D eigenvalue weighted by Gasteiger charge is -2.16. The molecule has 1 amide bonds. The second kappa shape index (κ2) is 7.97. The van der Waals surface area contributed by atoms with Crippen LogP contribution in [0.25, 0.3) is 0 Å². The number of anilines is 1. The number of amides is 1. The van der Waals surface area contributed by atoms with E-state index < -0.39 is 15.8 Å². The molecule has 0 unspecified atom stereocenters. The molecule has 0 saturated carbocycles. The summed E-state index contributed by atoms with van der Waals surface area (Å²) in [4.78, 5) is 12.1. The van der Waals surface area contributed by atoms with Gasteiger partial charge in [0.2, 0.25) is 15.9 Å². The number of benzene rings is 2. The monoisotopic (exact) mass is 376 g/mol. The Morgan fingerprint density at radius 2 is 1.81 bits per heavy atom. The second-order valence-corrected chi connectivity index (χ2v) is 8.11. The minimum absolute atomic E-state index is 0.0272. The van der Waals surface area contributed by atoms with Gasteiger partial charge in [-0.25, -0.2) is 17.5 Å². The summed E-state index contributed by atoms with van der Waals surface area (Å²) >= 11 is 0. The first-order chi connectivity index (χ1) is 12.4. The van der Waals surface area contributed by atoms with Gasteiger partial charge in [-0.2, -0.15) is 0 Å². The molecule has 0 atom stereocenters. The van der Waals surface area contributed by atoms with E-state index in [2.05, 4.69) is 10.0 Å². The Morgan fingerprint density at radius 3 is 2.58 bits per heavy atom. The number of hydrogen-bond donors (Lipinski definition) is 2. The van der Waals surface area contributed by atoms with Crippen LogP contribution in [0.15, 0.2) is 47.4 Å². The molecule has 0 fully saturated rings. The molecule has 7 heteroatoms. The van der Waals surface area contributed by atoms with Gasteiger partial charge in [-0.3, -0.25) is 4.79 Å². The van der Waals surface area contributed by atoms with Gasteiger partial charge in [0.05, 0.1) is 4.90 Å². The normalized spacial score (nSPS) is 13.9. The molecular formula is C19H21FN2O3S. The van der Waals surface area contributed by atoms with Crippen LogP contribution in [0, 0.1) is 5.82 Å². The summed E-state index contributed by atoms with van der Waals surface area (Å²) in [5.74, 6) is -0.834. The smallest absolute Gasteiger partial charge is 0.240 e. The van der Waals surface area contributed by atoms with Crippen molar-refractivity contribution >= 4 is 21.6 Å². The molecule has 26 heavy (non-hydrogen) atoms. The third-order valence-electron chi connectivity index (χ3n) is 4.38. The summed E-state index contributed by atoms with van der Waals surface area (Å²) in [6.45, 7) is -0.0272. The van der Waals surface area contributed by atoms with E-state index in [0.29, 0.717) is 5.69 Å². The van der Waals surface area contributed by atoms with Gasteiger partial charge < -0.3 is 5.32 Å². The van der Waals surface area contributed by atoms with E-state index in [0.717, 1.165) is 31.2 Å². The van der Waals surface area contributed by atoms with Crippen molar-refractivity contribution in [1.29, 1.82) is 0 Å². The number of nitrogens with one attached hydrogen (secondary N) is 2. The Hall–Kier alpha value is -2.25. The lowest BCUT2D eigenvalue weighted by Crippen LogP contribution is -2.28. The fourth-order valence-electron chi connectivity index (χ4n) is 3.05. The molecular weight excluding hydrogens is 355 g/mol. The van der Waals surface area contributed by atoms with E-state index in [9.17, 15) is 17.6 Å². The van der Waals surface area contributed by atoms with Crippen LogP contribution < -0.4 is 10.0 Å². The molecule has 1 aliphatic rings. The molecule has 5 nitrogen and oxygen atoms in total. The summed E-state index contributed by atoms with van der Waals surface area (Å²) in [7, 11) is -3.66. The fourth-order valence-corrected chi connectivity index (χ4v) is 4.13. The predicted molar refractivity (Wildman–Crippen MR) is 97.9 cm³/mol. The Balaban J connectivity index is 1.56. The topological polar surface area (TPSA) is 75.3 Å². The van der Waals surface area contributed by atoms with Crippen molar-refractivity contribution in [2.24, 2.45) is 0 Å². The first kappa shape index (κ1) is 18.5. The van der Waals surface area contributed by atoms with Crippen molar-refractivity contribution in [3.63, 3.8) is 0 Å². The summed E-state index contributed by atoms with van der Waals surface area (Å²) in [5.41, 5.74) is 2.64. The summed E-state index contributed by atoms with van der Waals surface area (Å²) in [6, 6.07) is 10.8. The van der Waals surface area contributed by atoms with Gasteiger partial charge in [-0.15, -0.1) is 0 Å². The molecule has 0 heterocycles. The third-order valence-corrected chi connectivity index (χ3v) is 5.84. The maximum Gasteiger partial charge on any atom is 0.240 e. The minimum Gasteiger partial charge on any atom is -0.326 e. The van der Waals surface area contributed by atoms with E-state index in [1.807, 2.05) is 6.07 Å². The summed E-state index contributed by atoms with van der Waals surface area (Å²) < 4.78 is 40.4. The second-order valence-electron chi connectivity index (χ2n) is 6.34. The molecule has 2 N–H and O–H groups in total. The van der Waals surface area contributed by atoms with Crippen LogP contribution in [0.4, 0.5) is 10.1 Å². The van der Waals surface area contributed by atoms with Gasteiger partial charge in [0.15, 0.2) is 0 Å². The number of aryl methyl sites for hydroxylation is 2. The van der Waals surface area contributed by atoms with Gasteiger partial charge in [0, 0.05) is 18.7 Å². The first-order valence-electron chi connectivity index (χ1n) is 8.61. The Kier molecular flexibility index (Phi) is 5.68. The molecule has 0 radical (unpaired) electrons. The fraction of sp³-hybridized carbons (Fsp3) is 0.316. The zero-order valence-electron chi connectivity index (χ0n) is 14.3. The Labute approximate surface area is 152 Å². The molecule has 0 bridgehead atoms. The standard InChI is InChI=1S/C19H21FN2O3S/c20-16-6-3-7-17(13-16)22-19(23)10-11-21-26(24,25)18-9-8-14-4-1-2-5-15(14)12-18/h3,6-9,12-13,21H,1-2,4-5,10-11H2,(H,22,23). The maximum absolute atomic E-state index is 13.1. The minimum atomic E-state index is -3.66. The number of sulfonamides is 1. The highest BCUT2D eigenvalue weighted by atomic mass is 32.2. The lowest BCUT2D eigenvalue weighted by molar-refractivity contribution is -0.116. The number of rotatable bonds is 6. The van der Waals surface area contributed by atoms with Crippen LogP contribution in [0.1, 0.15) is 30.4 Å². The van der Waals surface area contributed by atoms with Gasteiger partial charge in [0.1, 0.15) is 5.82 Å². The van der Waals surface area contributed by atoms with E-state index in [4.69, 9.17) is 0 Å². The molecule has 138 valence electrons. The van der Waals surface area contributed by atoms with Crippen molar-refractivity contribution < 1.29 is 17.6 Å². The zero-order chi connectivity index (χ0) is 18.6. The lowest BCUT2D eigenvalue weighted by atomic mass is 9.92. The highest BCUT2D eigenvalue weighted by molar-refractivity contribution is 7.89. The van der Waals surface area contributed by atoms with Gasteiger partial charge in [0.25, 0.3) is 0 Å². The van der Waals surface area contributed by atoms with Gasteiger partial charge in [-0.05, 0) is 67.1 Å². The molecule has 0 saturated heterocycles. The van der Waals surface area contributed by atoms with Gasteiger partial charge >= 0.3 is 0 Å². The Morgan fingerprint density at radius 1 is 1.04 bits per heavy atom. The van der Waals surface area contributed by atoms with Crippen LogP contribution >= 0.6 is 0 Å². The van der Waals surface area contributed by atoms with Crippen LogP contribution in [0.2, 0.25) is 0 Å². The van der Waals surface area contributed by atoms with Crippen LogP contribution in [0.3, 0.4) is 0 Å². The van der Waals surface area contributed by atoms with E-state index in [1.54, 1.807) is 18.2 Å². The van der Waals surface area contributed by atoms with Crippen molar-refractivity contribution in [3.05, 3.63) is 59.4 Å². The molecule has 0 aliphatic heterocycles. The maximum atomic E-state index is 13.1. The van der Waals surface area contributed by atoms with E-state index in [1.165, 1.54) is 23.8 Å². The van der Waals surface area contributed by atoms with Crippen LogP contribution in [0.5, 0.6) is 0 Å². The van der Waals surface area contributed by atoms with E-state index >= 15 is 0 Å². The number of carbonyl (C=O) groups excluding carboxylic acids is 1. The first-order valence-corrected chi connectivity index (χ1v) is 10.1. The number of fused-ring (bicyclic) bond motifs is 1. The highest BCUT2D eigenvalue weighted by Gasteiger charge is 2.17. The molecule has 1 aliphatic carbocycles. The average molecular weight is 376 g/mol.